The normalized spacial score (nSPS) is 23.7. The first-order chi connectivity index (χ1) is 13.4. The Balaban J connectivity index is 2.38. The van der Waals surface area contributed by atoms with E-state index < -0.39 is 12.0 Å². The van der Waals surface area contributed by atoms with Crippen molar-refractivity contribution < 1.29 is 19.8 Å². The molecule has 3 N–H and O–H groups in total. The number of aliphatic hydroxyl groups excluding tert-OH is 1. The Morgan fingerprint density at radius 2 is 1.86 bits per heavy atom. The zero-order chi connectivity index (χ0) is 20.7. The monoisotopic (exact) mass is 390 g/mol. The van der Waals surface area contributed by atoms with Crippen molar-refractivity contribution in [3.05, 3.63) is 35.9 Å². The highest BCUT2D eigenvalue weighted by atomic mass is 16.4. The molecule has 1 fully saturated rings. The second-order valence-electron chi connectivity index (χ2n) is 7.91. The molecule has 4 atom stereocenters. The highest BCUT2D eigenvalue weighted by Crippen LogP contribution is 2.36. The lowest BCUT2D eigenvalue weighted by atomic mass is 9.86. The lowest BCUT2D eigenvalue weighted by Crippen LogP contribution is -2.54. The molecule has 1 saturated heterocycles. The molecular formula is C22H34N2O4. The van der Waals surface area contributed by atoms with Crippen molar-refractivity contribution in [2.75, 3.05) is 6.61 Å². The fourth-order valence-corrected chi connectivity index (χ4v) is 4.56. The molecule has 0 unspecified atom stereocenters. The summed E-state index contributed by atoms with van der Waals surface area (Å²) in [6, 6.07) is 8.71. The van der Waals surface area contributed by atoms with Gasteiger partial charge in [0.2, 0.25) is 5.91 Å². The van der Waals surface area contributed by atoms with Gasteiger partial charge in [0.1, 0.15) is 6.04 Å². The predicted octanol–water partition coefficient (Wildman–Crippen LogP) is 2.65. The van der Waals surface area contributed by atoms with Gasteiger partial charge in [0.25, 0.3) is 0 Å². The SMILES string of the molecule is CCC(CC)C[C@H](NC(C)=O)[C@H]1[C@H](CO)C[C@H](C(=O)O)N1Cc1ccccc1. The number of carboxylic acid groups (broad SMARTS) is 1. The standard InChI is InChI=1S/C22H34N2O4/c1-4-16(5-2)11-19(23-15(3)26)21-18(14-25)12-20(22(27)28)24(21)13-17-9-7-6-8-10-17/h6-10,16,18-21,25H,4-5,11-14H2,1-3H3,(H,23,26)(H,27,28)/t18-,19-,20+,21+/m0/s1. The van der Waals surface area contributed by atoms with Gasteiger partial charge in [-0.25, -0.2) is 0 Å². The number of hydrogen-bond donors (Lipinski definition) is 3. The van der Waals surface area contributed by atoms with E-state index in [-0.39, 0.29) is 30.5 Å². The summed E-state index contributed by atoms with van der Waals surface area (Å²) >= 11 is 0. The van der Waals surface area contributed by atoms with Gasteiger partial charge in [-0.05, 0) is 24.3 Å². The van der Waals surface area contributed by atoms with Crippen molar-refractivity contribution >= 4 is 11.9 Å². The molecule has 1 aromatic carbocycles. The Morgan fingerprint density at radius 1 is 1.21 bits per heavy atom. The van der Waals surface area contributed by atoms with E-state index in [2.05, 4.69) is 19.2 Å². The molecule has 28 heavy (non-hydrogen) atoms. The topological polar surface area (TPSA) is 89.9 Å². The number of nitrogens with zero attached hydrogens (tertiary/aromatic N) is 1. The second kappa shape index (κ2) is 10.6. The van der Waals surface area contributed by atoms with Crippen LogP contribution in [-0.2, 0) is 16.1 Å². The number of carboxylic acids is 1. The molecule has 0 saturated carbocycles. The van der Waals surface area contributed by atoms with Gasteiger partial charge in [-0.15, -0.1) is 0 Å². The summed E-state index contributed by atoms with van der Waals surface area (Å²) in [4.78, 5) is 25.9. The van der Waals surface area contributed by atoms with Gasteiger partial charge in [-0.1, -0.05) is 57.0 Å². The van der Waals surface area contributed by atoms with Gasteiger partial charge >= 0.3 is 5.97 Å². The van der Waals surface area contributed by atoms with E-state index in [0.717, 1.165) is 24.8 Å². The maximum absolute atomic E-state index is 12.0. The van der Waals surface area contributed by atoms with Gasteiger partial charge in [-0.3, -0.25) is 14.5 Å². The number of benzene rings is 1. The minimum Gasteiger partial charge on any atom is -0.480 e. The number of likely N-dealkylation sites (tertiary alicyclic amines) is 1. The fraction of sp³-hybridized carbons (Fsp3) is 0.636. The maximum Gasteiger partial charge on any atom is 0.320 e. The number of carbonyl (C=O) groups is 2. The van der Waals surface area contributed by atoms with Crippen LogP contribution in [0, 0.1) is 11.8 Å². The van der Waals surface area contributed by atoms with Crippen LogP contribution in [0.5, 0.6) is 0 Å². The van der Waals surface area contributed by atoms with Crippen molar-refractivity contribution in [1.29, 1.82) is 0 Å². The van der Waals surface area contributed by atoms with Crippen LogP contribution < -0.4 is 5.32 Å². The molecule has 0 spiro atoms. The van der Waals surface area contributed by atoms with Crippen molar-refractivity contribution in [3.63, 3.8) is 0 Å². The highest BCUT2D eigenvalue weighted by molar-refractivity contribution is 5.75. The Hall–Kier alpha value is -1.92. The van der Waals surface area contributed by atoms with Gasteiger partial charge < -0.3 is 15.5 Å². The van der Waals surface area contributed by atoms with E-state index in [0.29, 0.717) is 18.9 Å². The maximum atomic E-state index is 12.0. The van der Waals surface area contributed by atoms with Crippen molar-refractivity contribution in [1.82, 2.24) is 10.2 Å². The molecule has 1 aromatic rings. The lowest BCUT2D eigenvalue weighted by Gasteiger charge is -2.37. The molecule has 0 aliphatic carbocycles. The van der Waals surface area contributed by atoms with Crippen molar-refractivity contribution in [3.8, 4) is 0 Å². The molecule has 1 aliphatic heterocycles. The Kier molecular flexibility index (Phi) is 8.45. The number of aliphatic hydroxyl groups is 1. The molecule has 1 amide bonds. The molecule has 1 heterocycles. The first-order valence-electron chi connectivity index (χ1n) is 10.3. The first kappa shape index (κ1) is 22.4. The number of amides is 1. The summed E-state index contributed by atoms with van der Waals surface area (Å²) < 4.78 is 0. The van der Waals surface area contributed by atoms with Crippen LogP contribution in [0.2, 0.25) is 0 Å². The largest absolute Gasteiger partial charge is 0.480 e. The van der Waals surface area contributed by atoms with E-state index in [9.17, 15) is 19.8 Å². The molecule has 6 heteroatoms. The third kappa shape index (κ3) is 5.55. The Labute approximate surface area is 167 Å². The molecule has 0 radical (unpaired) electrons. The van der Waals surface area contributed by atoms with E-state index in [1.807, 2.05) is 35.2 Å². The van der Waals surface area contributed by atoms with Crippen LogP contribution in [0.3, 0.4) is 0 Å². The summed E-state index contributed by atoms with van der Waals surface area (Å²) in [5.41, 5.74) is 1.03. The minimum atomic E-state index is -0.874. The zero-order valence-electron chi connectivity index (χ0n) is 17.2. The number of aliphatic carboxylic acids is 1. The second-order valence-corrected chi connectivity index (χ2v) is 7.91. The number of hydrogen-bond acceptors (Lipinski definition) is 4. The third-order valence-corrected chi connectivity index (χ3v) is 6.06. The fourth-order valence-electron chi connectivity index (χ4n) is 4.56. The van der Waals surface area contributed by atoms with Crippen LogP contribution in [0.15, 0.2) is 30.3 Å². The molecule has 0 aromatic heterocycles. The quantitative estimate of drug-likeness (QED) is 0.571. The van der Waals surface area contributed by atoms with Gasteiger partial charge in [-0.2, -0.15) is 0 Å². The third-order valence-electron chi connectivity index (χ3n) is 6.06. The van der Waals surface area contributed by atoms with Crippen LogP contribution in [0.25, 0.3) is 0 Å². The van der Waals surface area contributed by atoms with Crippen molar-refractivity contribution in [2.45, 2.75) is 71.1 Å². The summed E-state index contributed by atoms with van der Waals surface area (Å²) in [5, 5.41) is 22.9. The Bertz CT molecular complexity index is 633. The van der Waals surface area contributed by atoms with Crippen LogP contribution in [0.4, 0.5) is 0 Å². The van der Waals surface area contributed by atoms with E-state index >= 15 is 0 Å². The summed E-state index contributed by atoms with van der Waals surface area (Å²) in [6.45, 7) is 6.17. The molecule has 6 nitrogen and oxygen atoms in total. The molecule has 156 valence electrons. The molecular weight excluding hydrogens is 356 g/mol. The highest BCUT2D eigenvalue weighted by Gasteiger charge is 2.47. The first-order valence-corrected chi connectivity index (χ1v) is 10.3. The van der Waals surface area contributed by atoms with E-state index in [1.54, 1.807) is 0 Å². The van der Waals surface area contributed by atoms with E-state index in [1.165, 1.54) is 6.92 Å². The number of carbonyl (C=O) groups excluding carboxylic acids is 1. The minimum absolute atomic E-state index is 0.0846. The number of rotatable bonds is 10. The van der Waals surface area contributed by atoms with Gasteiger partial charge in [0, 0.05) is 38.1 Å². The summed E-state index contributed by atoms with van der Waals surface area (Å²) in [5.74, 6) is -0.734. The predicted molar refractivity (Wildman–Crippen MR) is 109 cm³/mol. The van der Waals surface area contributed by atoms with Crippen LogP contribution in [-0.4, -0.2) is 51.7 Å². The lowest BCUT2D eigenvalue weighted by molar-refractivity contribution is -0.143. The van der Waals surface area contributed by atoms with Gasteiger partial charge in [0.15, 0.2) is 0 Å². The van der Waals surface area contributed by atoms with Crippen molar-refractivity contribution in [2.24, 2.45) is 11.8 Å². The smallest absolute Gasteiger partial charge is 0.320 e. The van der Waals surface area contributed by atoms with E-state index in [4.69, 9.17) is 0 Å². The van der Waals surface area contributed by atoms with Crippen LogP contribution in [0.1, 0.15) is 52.0 Å². The molecule has 0 bridgehead atoms. The zero-order valence-corrected chi connectivity index (χ0v) is 17.2. The summed E-state index contributed by atoms with van der Waals surface area (Å²) in [7, 11) is 0. The summed E-state index contributed by atoms with van der Waals surface area (Å²) in [6.07, 6.45) is 3.18. The molecule has 2 rings (SSSR count). The van der Waals surface area contributed by atoms with Gasteiger partial charge in [0.05, 0.1) is 0 Å². The number of nitrogens with one attached hydrogen (secondary N) is 1. The van der Waals surface area contributed by atoms with Crippen LogP contribution >= 0.6 is 0 Å². The average molecular weight is 391 g/mol. The Morgan fingerprint density at radius 3 is 2.36 bits per heavy atom. The average Bonchev–Trinajstić information content (AvgIpc) is 3.04. The molecule has 1 aliphatic rings.